The fourth-order valence-corrected chi connectivity index (χ4v) is 4.03. The van der Waals surface area contributed by atoms with Crippen LogP contribution >= 0.6 is 12.2 Å². The Morgan fingerprint density at radius 3 is 1.77 bits per heavy atom. The van der Waals surface area contributed by atoms with Crippen LogP contribution in [0.1, 0.15) is 55.5 Å². The van der Waals surface area contributed by atoms with Gasteiger partial charge in [-0.1, -0.05) is 92.2 Å². The van der Waals surface area contributed by atoms with Crippen LogP contribution in [0.4, 0.5) is 5.69 Å². The van der Waals surface area contributed by atoms with Crippen LogP contribution in [0.15, 0.2) is 84.9 Å². The van der Waals surface area contributed by atoms with Gasteiger partial charge in [-0.3, -0.25) is 0 Å². The van der Waals surface area contributed by atoms with Crippen LogP contribution in [0.25, 0.3) is 0 Å². The van der Waals surface area contributed by atoms with Crippen molar-refractivity contribution in [3.05, 3.63) is 102 Å². The Hall–Kier alpha value is -2.69. The molecule has 0 unspecified atom stereocenters. The van der Waals surface area contributed by atoms with Crippen LogP contribution < -0.4 is 16.0 Å². The van der Waals surface area contributed by atoms with E-state index < -0.39 is 0 Å². The second-order valence-electron chi connectivity index (χ2n) is 7.92. The van der Waals surface area contributed by atoms with Crippen LogP contribution in [-0.4, -0.2) is 11.2 Å². The van der Waals surface area contributed by atoms with Crippen molar-refractivity contribution in [2.45, 2.75) is 51.7 Å². The Morgan fingerprint density at radius 2 is 1.26 bits per heavy atom. The molecule has 0 radical (unpaired) electrons. The van der Waals surface area contributed by atoms with Crippen molar-refractivity contribution in [3.63, 3.8) is 0 Å². The maximum Gasteiger partial charge on any atom is 0.171 e. The minimum Gasteiger partial charge on any atom is -0.354 e. The van der Waals surface area contributed by atoms with Crippen molar-refractivity contribution in [1.29, 1.82) is 0 Å². The van der Waals surface area contributed by atoms with Gasteiger partial charge in [0, 0.05) is 11.7 Å². The van der Waals surface area contributed by atoms with Gasteiger partial charge in [0.1, 0.15) is 0 Å². The average molecular weight is 432 g/mol. The molecule has 3 nitrogen and oxygen atoms in total. The van der Waals surface area contributed by atoms with Gasteiger partial charge in [0.2, 0.25) is 0 Å². The summed E-state index contributed by atoms with van der Waals surface area (Å²) >= 11 is 5.73. The Kier molecular flexibility index (Phi) is 8.63. The van der Waals surface area contributed by atoms with Crippen LogP contribution in [0.5, 0.6) is 0 Å². The van der Waals surface area contributed by atoms with Crippen LogP contribution in [0.3, 0.4) is 0 Å². The highest BCUT2D eigenvalue weighted by atomic mass is 32.1. The third-order valence-electron chi connectivity index (χ3n) is 5.65. The van der Waals surface area contributed by atoms with Gasteiger partial charge in [-0.25, -0.2) is 0 Å². The van der Waals surface area contributed by atoms with Gasteiger partial charge in [-0.2, -0.15) is 0 Å². The SMILES string of the molecule is CCC(CC)N[C@H](c1ccccc1)[C@H](NC(=S)Nc1ccc(C)cc1)c1ccccc1. The molecule has 2 atom stereocenters. The highest BCUT2D eigenvalue weighted by molar-refractivity contribution is 7.80. The summed E-state index contributed by atoms with van der Waals surface area (Å²) in [6.07, 6.45) is 2.15. The standard InChI is InChI=1S/C27H33N3S/c1-4-23(5-2)28-25(21-12-8-6-9-13-21)26(22-14-10-7-11-15-22)30-27(31)29-24-18-16-20(3)17-19-24/h6-19,23,25-26,28H,4-5H2,1-3H3,(H2,29,30,31)/t25-,26-/m1/s1. The lowest BCUT2D eigenvalue weighted by Crippen LogP contribution is -2.43. The van der Waals surface area contributed by atoms with E-state index in [2.05, 4.69) is 122 Å². The summed E-state index contributed by atoms with van der Waals surface area (Å²) in [5.41, 5.74) is 4.65. The van der Waals surface area contributed by atoms with Crippen molar-refractivity contribution >= 4 is 23.0 Å². The van der Waals surface area contributed by atoms with E-state index in [1.807, 2.05) is 0 Å². The zero-order valence-electron chi connectivity index (χ0n) is 18.6. The topological polar surface area (TPSA) is 36.1 Å². The van der Waals surface area contributed by atoms with E-state index in [-0.39, 0.29) is 12.1 Å². The molecule has 3 rings (SSSR count). The number of hydrogen-bond donors (Lipinski definition) is 3. The molecule has 3 aromatic carbocycles. The molecule has 0 fully saturated rings. The molecule has 0 aliphatic rings. The van der Waals surface area contributed by atoms with Gasteiger partial charge in [0.15, 0.2) is 5.11 Å². The summed E-state index contributed by atoms with van der Waals surface area (Å²) in [5, 5.41) is 11.5. The van der Waals surface area contributed by atoms with Gasteiger partial charge in [-0.05, 0) is 55.2 Å². The van der Waals surface area contributed by atoms with E-state index in [1.54, 1.807) is 0 Å². The van der Waals surface area contributed by atoms with E-state index in [1.165, 1.54) is 16.7 Å². The molecule has 3 aromatic rings. The molecule has 0 heterocycles. The number of thiocarbonyl (C=S) groups is 1. The first-order valence-corrected chi connectivity index (χ1v) is 11.5. The molecule has 0 saturated carbocycles. The molecule has 31 heavy (non-hydrogen) atoms. The highest BCUT2D eigenvalue weighted by Gasteiger charge is 2.27. The van der Waals surface area contributed by atoms with E-state index in [0.29, 0.717) is 11.2 Å². The van der Waals surface area contributed by atoms with Crippen LogP contribution in [0, 0.1) is 6.92 Å². The molecule has 0 bridgehead atoms. The minimum atomic E-state index is -0.0188. The lowest BCUT2D eigenvalue weighted by molar-refractivity contribution is 0.357. The van der Waals surface area contributed by atoms with E-state index in [9.17, 15) is 0 Å². The van der Waals surface area contributed by atoms with Gasteiger partial charge < -0.3 is 16.0 Å². The second-order valence-corrected chi connectivity index (χ2v) is 8.33. The predicted octanol–water partition coefficient (Wildman–Crippen LogP) is 6.54. The molecule has 162 valence electrons. The van der Waals surface area contributed by atoms with Crippen molar-refractivity contribution in [3.8, 4) is 0 Å². The molecule has 3 N–H and O–H groups in total. The Bertz CT molecular complexity index is 922. The molecule has 0 aromatic heterocycles. The summed E-state index contributed by atoms with van der Waals surface area (Å²) in [7, 11) is 0. The number of hydrogen-bond acceptors (Lipinski definition) is 2. The first kappa shape index (κ1) is 23.0. The Labute approximate surface area is 192 Å². The summed E-state index contributed by atoms with van der Waals surface area (Å²) in [6, 6.07) is 29.9. The van der Waals surface area contributed by atoms with Crippen molar-refractivity contribution < 1.29 is 0 Å². The smallest absolute Gasteiger partial charge is 0.171 e. The van der Waals surface area contributed by atoms with Crippen molar-refractivity contribution in [1.82, 2.24) is 10.6 Å². The molecule has 0 saturated heterocycles. The third-order valence-corrected chi connectivity index (χ3v) is 5.87. The van der Waals surface area contributed by atoms with Crippen molar-refractivity contribution in [2.75, 3.05) is 5.32 Å². The summed E-state index contributed by atoms with van der Waals surface area (Å²) in [5.74, 6) is 0. The molecule has 0 aliphatic heterocycles. The molecule has 0 amide bonds. The van der Waals surface area contributed by atoms with Gasteiger partial charge in [0.05, 0.1) is 12.1 Å². The molecule has 4 heteroatoms. The molecular weight excluding hydrogens is 398 g/mol. The predicted molar refractivity (Wildman–Crippen MR) is 136 cm³/mol. The number of nitrogens with one attached hydrogen (secondary N) is 3. The monoisotopic (exact) mass is 431 g/mol. The van der Waals surface area contributed by atoms with Gasteiger partial charge in [0.25, 0.3) is 0 Å². The van der Waals surface area contributed by atoms with Crippen molar-refractivity contribution in [2.24, 2.45) is 0 Å². The summed E-state index contributed by atoms with van der Waals surface area (Å²) in [4.78, 5) is 0. The largest absolute Gasteiger partial charge is 0.354 e. The molecule has 0 aliphatic carbocycles. The van der Waals surface area contributed by atoms with Crippen LogP contribution in [-0.2, 0) is 0 Å². The molecular formula is C27H33N3S. The fourth-order valence-electron chi connectivity index (χ4n) is 3.79. The Morgan fingerprint density at radius 1 is 0.742 bits per heavy atom. The van der Waals surface area contributed by atoms with E-state index in [4.69, 9.17) is 12.2 Å². The fraction of sp³-hybridized carbons (Fsp3) is 0.296. The van der Waals surface area contributed by atoms with Crippen LogP contribution in [0.2, 0.25) is 0 Å². The normalized spacial score (nSPS) is 12.9. The zero-order chi connectivity index (χ0) is 22.1. The number of rotatable bonds is 9. The number of aryl methyl sites for hydroxylation is 1. The van der Waals surface area contributed by atoms with E-state index >= 15 is 0 Å². The average Bonchev–Trinajstić information content (AvgIpc) is 2.81. The van der Waals surface area contributed by atoms with Gasteiger partial charge in [-0.15, -0.1) is 0 Å². The summed E-state index contributed by atoms with van der Waals surface area (Å²) < 4.78 is 0. The number of anilines is 1. The summed E-state index contributed by atoms with van der Waals surface area (Å²) in [6.45, 7) is 6.55. The zero-order valence-corrected chi connectivity index (χ0v) is 19.5. The number of benzene rings is 3. The lowest BCUT2D eigenvalue weighted by Gasteiger charge is -2.33. The third kappa shape index (κ3) is 6.65. The first-order valence-electron chi connectivity index (χ1n) is 11.1. The van der Waals surface area contributed by atoms with Gasteiger partial charge >= 0.3 is 0 Å². The maximum absolute atomic E-state index is 5.73. The minimum absolute atomic E-state index is 0.0188. The van der Waals surface area contributed by atoms with E-state index in [0.717, 1.165) is 18.5 Å². The second kappa shape index (κ2) is 11.6. The highest BCUT2D eigenvalue weighted by Crippen LogP contribution is 2.30. The first-order chi connectivity index (χ1) is 15.1. The Balaban J connectivity index is 1.91. The molecule has 0 spiro atoms. The quantitative estimate of drug-likeness (QED) is 0.336. The maximum atomic E-state index is 5.73. The lowest BCUT2D eigenvalue weighted by atomic mass is 9.92.